The quantitative estimate of drug-likeness (QED) is 0.577. The molecule has 4 fully saturated rings. The van der Waals surface area contributed by atoms with Crippen molar-refractivity contribution in [1.82, 2.24) is 0 Å². The summed E-state index contributed by atoms with van der Waals surface area (Å²) in [6.45, 7) is 6.11. The third kappa shape index (κ3) is 3.72. The van der Waals surface area contributed by atoms with Crippen LogP contribution in [0.5, 0.6) is 0 Å². The number of ether oxygens (including phenoxy) is 2. The molecule has 0 heterocycles. The Labute approximate surface area is 196 Å². The molecule has 0 bridgehead atoms. The van der Waals surface area contributed by atoms with Gasteiger partial charge in [-0.3, -0.25) is 9.59 Å². The van der Waals surface area contributed by atoms with E-state index < -0.39 is 0 Å². The molecule has 5 nitrogen and oxygen atoms in total. The maximum absolute atomic E-state index is 13.6. The molecule has 0 radical (unpaired) electrons. The lowest BCUT2D eigenvalue weighted by atomic mass is 9.45. The third-order valence-corrected chi connectivity index (χ3v) is 9.93. The minimum atomic E-state index is -0.254. The molecule has 1 aromatic rings. The molecule has 0 unspecified atom stereocenters. The second kappa shape index (κ2) is 8.25. The van der Waals surface area contributed by atoms with Crippen LogP contribution < -0.4 is 0 Å². The molecule has 0 amide bonds. The van der Waals surface area contributed by atoms with E-state index >= 15 is 0 Å². The van der Waals surface area contributed by atoms with Gasteiger partial charge in [-0.2, -0.15) is 0 Å². The van der Waals surface area contributed by atoms with Gasteiger partial charge in [-0.15, -0.1) is 0 Å². The Balaban J connectivity index is 1.34. The number of carbonyl (C=O) groups excluding carboxylic acids is 3. The normalized spacial score (nSPS) is 42.0. The van der Waals surface area contributed by atoms with Crippen molar-refractivity contribution >= 4 is 17.7 Å². The predicted molar refractivity (Wildman–Crippen MR) is 123 cm³/mol. The van der Waals surface area contributed by atoms with E-state index in [1.54, 1.807) is 12.1 Å². The third-order valence-electron chi connectivity index (χ3n) is 9.93. The molecular formula is C28H36O5. The van der Waals surface area contributed by atoms with Crippen LogP contribution >= 0.6 is 0 Å². The minimum absolute atomic E-state index is 0.0490. The van der Waals surface area contributed by atoms with E-state index in [0.29, 0.717) is 29.6 Å². The summed E-state index contributed by atoms with van der Waals surface area (Å²) in [5.41, 5.74) is 0.571. The number of benzene rings is 1. The van der Waals surface area contributed by atoms with Crippen LogP contribution in [0.2, 0.25) is 0 Å². The molecule has 5 rings (SSSR count). The van der Waals surface area contributed by atoms with Crippen LogP contribution in [0.3, 0.4) is 0 Å². The number of esters is 2. The van der Waals surface area contributed by atoms with E-state index in [1.807, 2.05) is 18.2 Å². The molecule has 178 valence electrons. The van der Waals surface area contributed by atoms with Crippen molar-refractivity contribution in [3.8, 4) is 0 Å². The van der Waals surface area contributed by atoms with E-state index in [-0.39, 0.29) is 46.8 Å². The fraction of sp³-hybridized carbons (Fsp3) is 0.679. The lowest BCUT2D eigenvalue weighted by Gasteiger charge is -2.59. The molecule has 5 heteroatoms. The Bertz CT molecular complexity index is 941. The minimum Gasteiger partial charge on any atom is -0.463 e. The topological polar surface area (TPSA) is 69.7 Å². The van der Waals surface area contributed by atoms with Gasteiger partial charge in [0.05, 0.1) is 5.56 Å². The van der Waals surface area contributed by atoms with E-state index in [9.17, 15) is 14.4 Å². The van der Waals surface area contributed by atoms with Gasteiger partial charge in [0, 0.05) is 24.7 Å². The predicted octanol–water partition coefficient (Wildman–Crippen LogP) is 5.37. The number of Topliss-reactive ketones (excluding diaryl/α,β-unsaturated/α-hetero) is 1. The monoisotopic (exact) mass is 452 g/mol. The average Bonchev–Trinajstić information content (AvgIpc) is 3.11. The zero-order valence-corrected chi connectivity index (χ0v) is 20.0. The van der Waals surface area contributed by atoms with Crippen molar-refractivity contribution in [2.24, 2.45) is 34.5 Å². The van der Waals surface area contributed by atoms with E-state index in [1.165, 1.54) is 6.92 Å². The Kier molecular flexibility index (Phi) is 5.65. The van der Waals surface area contributed by atoms with Gasteiger partial charge < -0.3 is 9.47 Å². The summed E-state index contributed by atoms with van der Waals surface area (Å²) in [7, 11) is 0. The summed E-state index contributed by atoms with van der Waals surface area (Å²) in [6, 6.07) is 9.20. The highest BCUT2D eigenvalue weighted by atomic mass is 16.5. The van der Waals surface area contributed by atoms with Gasteiger partial charge in [-0.05, 0) is 80.2 Å². The van der Waals surface area contributed by atoms with Crippen LogP contribution in [-0.2, 0) is 19.1 Å². The number of hydrogen-bond donors (Lipinski definition) is 0. The standard InChI is InChI=1S/C28H36O5/c1-17(29)32-20-11-13-27(2)19(15-20)16-23(30)25-21-9-10-24(28(21,3)14-12-22(25)27)33-26(31)18-7-5-4-6-8-18/h4-8,19-22,24-25H,9-16H2,1-3H3/t19-,20+,21+,22-,24-,25-,27+,28-/m0/s1. The number of rotatable bonds is 3. The van der Waals surface area contributed by atoms with Gasteiger partial charge in [-0.1, -0.05) is 32.0 Å². The van der Waals surface area contributed by atoms with E-state index in [2.05, 4.69) is 13.8 Å². The lowest BCUT2D eigenvalue weighted by molar-refractivity contribution is -0.168. The zero-order valence-electron chi connectivity index (χ0n) is 20.0. The highest BCUT2D eigenvalue weighted by Gasteiger charge is 2.63. The first-order valence-corrected chi connectivity index (χ1v) is 12.7. The molecule has 0 saturated heterocycles. The van der Waals surface area contributed by atoms with Crippen molar-refractivity contribution < 1.29 is 23.9 Å². The first kappa shape index (κ1) is 22.6. The molecule has 0 N–H and O–H groups in total. The van der Waals surface area contributed by atoms with E-state index in [0.717, 1.165) is 44.9 Å². The molecular weight excluding hydrogens is 416 g/mol. The van der Waals surface area contributed by atoms with Crippen LogP contribution in [0.25, 0.3) is 0 Å². The highest BCUT2D eigenvalue weighted by Crippen LogP contribution is 2.65. The molecule has 4 saturated carbocycles. The summed E-state index contributed by atoms with van der Waals surface area (Å²) in [5.74, 6) is 0.925. The van der Waals surface area contributed by atoms with Crippen LogP contribution in [0.4, 0.5) is 0 Å². The molecule has 1 aromatic carbocycles. The van der Waals surface area contributed by atoms with Gasteiger partial charge in [0.25, 0.3) is 0 Å². The molecule has 0 aliphatic heterocycles. The van der Waals surface area contributed by atoms with Crippen molar-refractivity contribution in [3.63, 3.8) is 0 Å². The molecule has 33 heavy (non-hydrogen) atoms. The Hall–Kier alpha value is -2.17. The first-order chi connectivity index (χ1) is 15.7. The van der Waals surface area contributed by atoms with Crippen LogP contribution in [0, 0.1) is 34.5 Å². The number of fused-ring (bicyclic) bond motifs is 5. The van der Waals surface area contributed by atoms with Gasteiger partial charge in [0.15, 0.2) is 0 Å². The van der Waals surface area contributed by atoms with Crippen molar-refractivity contribution in [2.45, 2.75) is 84.3 Å². The van der Waals surface area contributed by atoms with Crippen molar-refractivity contribution in [3.05, 3.63) is 35.9 Å². The van der Waals surface area contributed by atoms with Gasteiger partial charge in [0.1, 0.15) is 18.0 Å². The maximum atomic E-state index is 13.6. The fourth-order valence-corrected chi connectivity index (χ4v) is 8.15. The summed E-state index contributed by atoms with van der Waals surface area (Å²) in [4.78, 5) is 37.8. The number of ketones is 1. The van der Waals surface area contributed by atoms with Gasteiger partial charge in [-0.25, -0.2) is 4.79 Å². The highest BCUT2D eigenvalue weighted by molar-refractivity contribution is 5.89. The smallest absolute Gasteiger partial charge is 0.338 e. The largest absolute Gasteiger partial charge is 0.463 e. The van der Waals surface area contributed by atoms with E-state index in [4.69, 9.17) is 9.47 Å². The lowest BCUT2D eigenvalue weighted by Crippen LogP contribution is -2.58. The Morgan fingerprint density at radius 3 is 2.33 bits per heavy atom. The fourth-order valence-electron chi connectivity index (χ4n) is 8.15. The second-order valence-electron chi connectivity index (χ2n) is 11.5. The second-order valence-corrected chi connectivity index (χ2v) is 11.5. The van der Waals surface area contributed by atoms with Crippen LogP contribution in [0.15, 0.2) is 30.3 Å². The maximum Gasteiger partial charge on any atom is 0.338 e. The Morgan fingerprint density at radius 2 is 1.61 bits per heavy atom. The average molecular weight is 453 g/mol. The summed E-state index contributed by atoms with van der Waals surface area (Å²) in [6.07, 6.45) is 6.92. The first-order valence-electron chi connectivity index (χ1n) is 12.7. The zero-order chi connectivity index (χ0) is 23.4. The van der Waals surface area contributed by atoms with Crippen LogP contribution in [0.1, 0.15) is 82.5 Å². The molecule has 4 aliphatic carbocycles. The summed E-state index contributed by atoms with van der Waals surface area (Å²) >= 11 is 0. The molecule has 8 atom stereocenters. The van der Waals surface area contributed by atoms with Gasteiger partial charge in [0.2, 0.25) is 0 Å². The molecule has 4 aliphatic rings. The van der Waals surface area contributed by atoms with Crippen molar-refractivity contribution in [1.29, 1.82) is 0 Å². The van der Waals surface area contributed by atoms with Gasteiger partial charge >= 0.3 is 11.9 Å². The number of hydrogen-bond acceptors (Lipinski definition) is 5. The molecule has 0 aromatic heterocycles. The summed E-state index contributed by atoms with van der Waals surface area (Å²) in [5, 5.41) is 0. The molecule has 0 spiro atoms. The van der Waals surface area contributed by atoms with Crippen molar-refractivity contribution in [2.75, 3.05) is 0 Å². The Morgan fingerprint density at radius 1 is 0.909 bits per heavy atom. The SMILES string of the molecule is CC(=O)O[C@@H]1CC[C@]2(C)[C@H](CC(=O)[C@H]3[C@H]4CC[C@H](OC(=O)c5ccccc5)[C@@]4(C)CC[C@@H]32)C1. The van der Waals surface area contributed by atoms with Crippen LogP contribution in [-0.4, -0.2) is 29.9 Å². The summed E-state index contributed by atoms with van der Waals surface area (Å²) < 4.78 is 11.6. The number of carbonyl (C=O) groups is 3.